The van der Waals surface area contributed by atoms with Crippen molar-refractivity contribution in [1.29, 1.82) is 0 Å². The number of carbonyl (C=O) groups excluding carboxylic acids is 1. The number of nitrogens with zero attached hydrogens (tertiary/aromatic N) is 1. The van der Waals surface area contributed by atoms with E-state index in [4.69, 9.17) is 0 Å². The van der Waals surface area contributed by atoms with Crippen molar-refractivity contribution in [3.63, 3.8) is 0 Å². The van der Waals surface area contributed by atoms with Crippen molar-refractivity contribution < 1.29 is 4.79 Å². The van der Waals surface area contributed by atoms with Gasteiger partial charge in [-0.05, 0) is 48.9 Å². The van der Waals surface area contributed by atoms with Gasteiger partial charge in [0, 0.05) is 36.3 Å². The largest absolute Gasteiger partial charge is 0.358 e. The molecule has 2 aromatic rings. The summed E-state index contributed by atoms with van der Waals surface area (Å²) in [5, 5.41) is 1.23. The van der Waals surface area contributed by atoms with Crippen LogP contribution >= 0.6 is 0 Å². The summed E-state index contributed by atoms with van der Waals surface area (Å²) >= 11 is 0. The number of aromatic amines is 1. The summed E-state index contributed by atoms with van der Waals surface area (Å²) in [5.74, 6) is 0.806. The Balaban J connectivity index is 2.12. The molecule has 0 bridgehead atoms. The summed E-state index contributed by atoms with van der Waals surface area (Å²) in [6.07, 6.45) is 3.50. The van der Waals surface area contributed by atoms with Gasteiger partial charge in [-0.25, -0.2) is 0 Å². The molecule has 3 nitrogen and oxygen atoms in total. The summed E-state index contributed by atoms with van der Waals surface area (Å²) in [5.41, 5.74) is 4.72. The number of nitrogens with one attached hydrogen (secondary N) is 1. The Morgan fingerprint density at radius 1 is 1.37 bits per heavy atom. The Morgan fingerprint density at radius 3 is 2.89 bits per heavy atom. The van der Waals surface area contributed by atoms with E-state index in [2.05, 4.69) is 11.9 Å². The minimum Gasteiger partial charge on any atom is -0.358 e. The minimum absolute atomic E-state index is 0.0701. The van der Waals surface area contributed by atoms with Gasteiger partial charge in [-0.3, -0.25) is 4.79 Å². The number of carbonyl (C=O) groups is 1. The molecule has 3 rings (SSSR count). The van der Waals surface area contributed by atoms with E-state index in [9.17, 15) is 4.79 Å². The average molecular weight is 256 g/mol. The van der Waals surface area contributed by atoms with E-state index < -0.39 is 0 Å². The van der Waals surface area contributed by atoms with Crippen LogP contribution in [0.5, 0.6) is 0 Å². The van der Waals surface area contributed by atoms with Crippen molar-refractivity contribution >= 4 is 16.8 Å². The number of H-pyrrole nitrogens is 1. The zero-order valence-corrected chi connectivity index (χ0v) is 11.8. The quantitative estimate of drug-likeness (QED) is 0.836. The van der Waals surface area contributed by atoms with Crippen molar-refractivity contribution in [1.82, 2.24) is 9.88 Å². The topological polar surface area (TPSA) is 36.1 Å². The maximum atomic E-state index is 12.1. The van der Waals surface area contributed by atoms with E-state index in [1.807, 2.05) is 18.2 Å². The van der Waals surface area contributed by atoms with E-state index >= 15 is 0 Å². The molecule has 19 heavy (non-hydrogen) atoms. The SMILES string of the molecule is CC1CCc2[nH]c3ccc(C(=O)N(C)C)cc3c2C1. The Kier molecular flexibility index (Phi) is 2.85. The second-order valence-corrected chi connectivity index (χ2v) is 5.89. The summed E-state index contributed by atoms with van der Waals surface area (Å²) in [7, 11) is 3.59. The Labute approximate surface area is 113 Å². The maximum absolute atomic E-state index is 12.1. The lowest BCUT2D eigenvalue weighted by Gasteiger charge is -2.18. The Hall–Kier alpha value is -1.77. The summed E-state index contributed by atoms with van der Waals surface area (Å²) in [6, 6.07) is 6.00. The number of aryl methyl sites for hydroxylation is 1. The first-order valence-corrected chi connectivity index (χ1v) is 6.91. The van der Waals surface area contributed by atoms with Crippen LogP contribution in [0.1, 0.15) is 35.0 Å². The molecule has 100 valence electrons. The first-order valence-electron chi connectivity index (χ1n) is 6.91. The number of aromatic nitrogens is 1. The number of rotatable bonds is 1. The number of hydrogen-bond donors (Lipinski definition) is 1. The van der Waals surface area contributed by atoms with Crippen molar-refractivity contribution in [3.05, 3.63) is 35.0 Å². The second-order valence-electron chi connectivity index (χ2n) is 5.89. The fourth-order valence-corrected chi connectivity index (χ4v) is 2.98. The molecule has 1 N–H and O–H groups in total. The normalized spacial score (nSPS) is 18.4. The highest BCUT2D eigenvalue weighted by molar-refractivity contribution is 5.98. The summed E-state index contributed by atoms with van der Waals surface area (Å²) in [4.78, 5) is 17.2. The molecule has 0 saturated heterocycles. The molecular weight excluding hydrogens is 236 g/mol. The van der Waals surface area contributed by atoms with E-state index in [1.54, 1.807) is 19.0 Å². The van der Waals surface area contributed by atoms with Crippen LogP contribution in [0.25, 0.3) is 10.9 Å². The molecule has 1 aliphatic carbocycles. The predicted octanol–water partition coefficient (Wildman–Crippen LogP) is 2.99. The lowest BCUT2D eigenvalue weighted by molar-refractivity contribution is 0.0828. The van der Waals surface area contributed by atoms with Gasteiger partial charge in [0.05, 0.1) is 0 Å². The van der Waals surface area contributed by atoms with Gasteiger partial charge in [0.2, 0.25) is 0 Å². The van der Waals surface area contributed by atoms with Crippen LogP contribution in [0, 0.1) is 5.92 Å². The molecule has 0 radical (unpaired) electrons. The van der Waals surface area contributed by atoms with Crippen LogP contribution in [0.15, 0.2) is 18.2 Å². The number of fused-ring (bicyclic) bond motifs is 3. The zero-order chi connectivity index (χ0) is 13.6. The summed E-state index contributed by atoms with van der Waals surface area (Å²) in [6.45, 7) is 2.30. The van der Waals surface area contributed by atoms with E-state index in [0.717, 1.165) is 29.8 Å². The van der Waals surface area contributed by atoms with Gasteiger partial charge in [0.15, 0.2) is 0 Å². The van der Waals surface area contributed by atoms with Gasteiger partial charge >= 0.3 is 0 Å². The van der Waals surface area contributed by atoms with Crippen LogP contribution < -0.4 is 0 Å². The van der Waals surface area contributed by atoms with Crippen LogP contribution in [0.3, 0.4) is 0 Å². The highest BCUT2D eigenvalue weighted by Gasteiger charge is 2.20. The van der Waals surface area contributed by atoms with Gasteiger partial charge < -0.3 is 9.88 Å². The Bertz CT molecular complexity index is 639. The zero-order valence-electron chi connectivity index (χ0n) is 11.8. The van der Waals surface area contributed by atoms with E-state index in [0.29, 0.717) is 0 Å². The first-order chi connectivity index (χ1) is 9.06. The molecule has 1 aliphatic rings. The molecule has 0 saturated carbocycles. The second kappa shape index (κ2) is 4.41. The highest BCUT2D eigenvalue weighted by Crippen LogP contribution is 2.32. The highest BCUT2D eigenvalue weighted by atomic mass is 16.2. The fourth-order valence-electron chi connectivity index (χ4n) is 2.98. The average Bonchev–Trinajstić information content (AvgIpc) is 2.75. The molecule has 0 aliphatic heterocycles. The molecule has 1 amide bonds. The molecule has 0 fully saturated rings. The molecule has 1 aromatic carbocycles. The molecule has 3 heteroatoms. The van der Waals surface area contributed by atoms with Crippen molar-refractivity contribution in [3.8, 4) is 0 Å². The maximum Gasteiger partial charge on any atom is 0.253 e. The summed E-state index contributed by atoms with van der Waals surface area (Å²) < 4.78 is 0. The standard InChI is InChI=1S/C16H20N2O/c1-10-4-6-14-12(8-10)13-9-11(16(19)18(2)3)5-7-15(13)17-14/h5,7,9-10,17H,4,6,8H2,1-3H3. The van der Waals surface area contributed by atoms with E-state index in [-0.39, 0.29) is 5.91 Å². The smallest absolute Gasteiger partial charge is 0.253 e. The fraction of sp³-hybridized carbons (Fsp3) is 0.438. The number of amides is 1. The van der Waals surface area contributed by atoms with Crippen LogP contribution in [0.4, 0.5) is 0 Å². The van der Waals surface area contributed by atoms with Gasteiger partial charge in [0.1, 0.15) is 0 Å². The third-order valence-electron chi connectivity index (χ3n) is 4.09. The lowest BCUT2D eigenvalue weighted by atomic mass is 9.87. The van der Waals surface area contributed by atoms with Crippen molar-refractivity contribution in [2.24, 2.45) is 5.92 Å². The van der Waals surface area contributed by atoms with Crippen molar-refractivity contribution in [2.75, 3.05) is 14.1 Å². The van der Waals surface area contributed by atoms with Crippen molar-refractivity contribution in [2.45, 2.75) is 26.2 Å². The van der Waals surface area contributed by atoms with Gasteiger partial charge in [-0.15, -0.1) is 0 Å². The number of benzene rings is 1. The lowest BCUT2D eigenvalue weighted by Crippen LogP contribution is -2.21. The molecule has 0 spiro atoms. The molecule has 1 heterocycles. The monoisotopic (exact) mass is 256 g/mol. The molecular formula is C16H20N2O. The molecule has 1 aromatic heterocycles. The van der Waals surface area contributed by atoms with Crippen LogP contribution in [0.2, 0.25) is 0 Å². The molecule has 1 unspecified atom stereocenters. The predicted molar refractivity (Wildman–Crippen MR) is 77.5 cm³/mol. The van der Waals surface area contributed by atoms with Crippen LogP contribution in [-0.2, 0) is 12.8 Å². The van der Waals surface area contributed by atoms with Gasteiger partial charge in [-0.2, -0.15) is 0 Å². The van der Waals surface area contributed by atoms with Gasteiger partial charge in [-0.1, -0.05) is 6.92 Å². The first kappa shape index (κ1) is 12.3. The molecule has 1 atom stereocenters. The van der Waals surface area contributed by atoms with Crippen LogP contribution in [-0.4, -0.2) is 29.9 Å². The number of hydrogen-bond acceptors (Lipinski definition) is 1. The Morgan fingerprint density at radius 2 is 2.16 bits per heavy atom. The minimum atomic E-state index is 0.0701. The third-order valence-corrected chi connectivity index (χ3v) is 4.09. The third kappa shape index (κ3) is 2.03. The van der Waals surface area contributed by atoms with Gasteiger partial charge in [0.25, 0.3) is 5.91 Å². The van der Waals surface area contributed by atoms with E-state index in [1.165, 1.54) is 23.1 Å².